The maximum atomic E-state index is 13.0. The first-order chi connectivity index (χ1) is 13.8. The summed E-state index contributed by atoms with van der Waals surface area (Å²) in [4.78, 5) is 25.9. The van der Waals surface area contributed by atoms with Crippen molar-refractivity contribution in [1.29, 1.82) is 0 Å². The molecule has 0 saturated heterocycles. The Morgan fingerprint density at radius 3 is 2.52 bits per heavy atom. The lowest BCUT2D eigenvalue weighted by molar-refractivity contribution is -0.128. The number of rotatable bonds is 6. The van der Waals surface area contributed by atoms with E-state index >= 15 is 0 Å². The van der Waals surface area contributed by atoms with Crippen LogP contribution in [0.3, 0.4) is 0 Å². The van der Waals surface area contributed by atoms with Crippen molar-refractivity contribution < 1.29 is 9.59 Å². The van der Waals surface area contributed by atoms with Crippen molar-refractivity contribution in [3.05, 3.63) is 64.7 Å². The quantitative estimate of drug-likeness (QED) is 0.704. The van der Waals surface area contributed by atoms with Crippen LogP contribution in [0.4, 0.5) is 5.69 Å². The largest absolute Gasteiger partial charge is 0.343 e. The predicted octanol–water partition coefficient (Wildman–Crippen LogP) is 3.49. The van der Waals surface area contributed by atoms with E-state index in [2.05, 4.69) is 41.9 Å². The first-order valence-corrected chi connectivity index (χ1v) is 10.3. The predicted molar refractivity (Wildman–Crippen MR) is 117 cm³/mol. The first kappa shape index (κ1) is 21.1. The van der Waals surface area contributed by atoms with E-state index in [-0.39, 0.29) is 23.8 Å². The zero-order valence-corrected chi connectivity index (χ0v) is 17.7. The molecule has 0 fully saturated rings. The molecule has 5 heteroatoms. The van der Waals surface area contributed by atoms with Gasteiger partial charge in [-0.05, 0) is 55.4 Å². The van der Waals surface area contributed by atoms with Crippen LogP contribution < -0.4 is 16.0 Å². The standard InChI is InChI=1S/C24H31N3O2/c1-15(2)11-22(24(29)26-20-10-9-16(3)12-17(20)4)27-23(28)21-13-18-7-5-6-8-19(18)14-25-21/h5-10,12,15,21-22,25H,11,13-14H2,1-4H3,(H,26,29)(H,27,28)/t21-,22-/m0/s1. The Labute approximate surface area is 173 Å². The molecular weight excluding hydrogens is 362 g/mol. The molecule has 3 rings (SSSR count). The third-order valence-electron chi connectivity index (χ3n) is 5.38. The van der Waals surface area contributed by atoms with Crippen molar-refractivity contribution in [1.82, 2.24) is 10.6 Å². The smallest absolute Gasteiger partial charge is 0.246 e. The van der Waals surface area contributed by atoms with Crippen molar-refractivity contribution in [2.45, 2.75) is 59.2 Å². The van der Waals surface area contributed by atoms with Gasteiger partial charge in [0.05, 0.1) is 6.04 Å². The second-order valence-corrected chi connectivity index (χ2v) is 8.40. The van der Waals surface area contributed by atoms with Crippen LogP contribution in [0.15, 0.2) is 42.5 Å². The van der Waals surface area contributed by atoms with Gasteiger partial charge in [0, 0.05) is 12.2 Å². The molecule has 0 spiro atoms. The third kappa shape index (κ3) is 5.45. The second kappa shape index (κ2) is 9.23. The van der Waals surface area contributed by atoms with Gasteiger partial charge in [0.25, 0.3) is 0 Å². The van der Waals surface area contributed by atoms with Crippen molar-refractivity contribution in [3.8, 4) is 0 Å². The molecule has 1 aliphatic rings. The Morgan fingerprint density at radius 1 is 1.10 bits per heavy atom. The van der Waals surface area contributed by atoms with Crippen LogP contribution >= 0.6 is 0 Å². The number of amides is 2. The number of carbonyl (C=O) groups is 2. The van der Waals surface area contributed by atoms with Crippen LogP contribution in [0.1, 0.15) is 42.5 Å². The molecule has 1 aliphatic heterocycles. The molecule has 154 valence electrons. The number of aryl methyl sites for hydroxylation is 2. The SMILES string of the molecule is Cc1ccc(NC(=O)[C@H](CC(C)C)NC(=O)[C@@H]2Cc3ccccc3CN2)c(C)c1. The van der Waals surface area contributed by atoms with Crippen LogP contribution in [-0.4, -0.2) is 23.9 Å². The maximum absolute atomic E-state index is 13.0. The van der Waals surface area contributed by atoms with Crippen molar-refractivity contribution >= 4 is 17.5 Å². The van der Waals surface area contributed by atoms with Gasteiger partial charge >= 0.3 is 0 Å². The highest BCUT2D eigenvalue weighted by Gasteiger charge is 2.28. The van der Waals surface area contributed by atoms with Gasteiger partial charge in [-0.15, -0.1) is 0 Å². The van der Waals surface area contributed by atoms with E-state index in [9.17, 15) is 9.59 Å². The zero-order chi connectivity index (χ0) is 21.0. The molecule has 0 radical (unpaired) electrons. The molecule has 2 aromatic carbocycles. The molecule has 29 heavy (non-hydrogen) atoms. The number of fused-ring (bicyclic) bond motifs is 1. The van der Waals surface area contributed by atoms with Crippen LogP contribution in [0.2, 0.25) is 0 Å². The Hall–Kier alpha value is -2.66. The summed E-state index contributed by atoms with van der Waals surface area (Å²) >= 11 is 0. The summed E-state index contributed by atoms with van der Waals surface area (Å²) in [5.41, 5.74) is 5.36. The summed E-state index contributed by atoms with van der Waals surface area (Å²) < 4.78 is 0. The molecule has 2 aromatic rings. The average Bonchev–Trinajstić information content (AvgIpc) is 2.68. The highest BCUT2D eigenvalue weighted by Crippen LogP contribution is 2.19. The number of anilines is 1. The fourth-order valence-corrected chi connectivity index (χ4v) is 3.79. The summed E-state index contributed by atoms with van der Waals surface area (Å²) in [7, 11) is 0. The lowest BCUT2D eigenvalue weighted by Gasteiger charge is -2.28. The van der Waals surface area contributed by atoms with Crippen molar-refractivity contribution in [2.75, 3.05) is 5.32 Å². The zero-order valence-electron chi connectivity index (χ0n) is 17.7. The summed E-state index contributed by atoms with van der Waals surface area (Å²) in [5.74, 6) is -0.0126. The van der Waals surface area contributed by atoms with E-state index < -0.39 is 6.04 Å². The number of hydrogen-bond acceptors (Lipinski definition) is 3. The molecular formula is C24H31N3O2. The van der Waals surface area contributed by atoms with Crippen LogP contribution in [0, 0.1) is 19.8 Å². The first-order valence-electron chi connectivity index (χ1n) is 10.3. The molecule has 0 aromatic heterocycles. The van der Waals surface area contributed by atoms with E-state index in [1.807, 2.05) is 44.2 Å². The number of nitrogens with one attached hydrogen (secondary N) is 3. The van der Waals surface area contributed by atoms with Gasteiger partial charge in [0.2, 0.25) is 11.8 Å². The van der Waals surface area contributed by atoms with Crippen molar-refractivity contribution in [2.24, 2.45) is 5.92 Å². The van der Waals surface area contributed by atoms with E-state index in [0.717, 1.165) is 16.8 Å². The van der Waals surface area contributed by atoms with Crippen LogP contribution in [0.25, 0.3) is 0 Å². The van der Waals surface area contributed by atoms with Gasteiger partial charge in [-0.1, -0.05) is 55.8 Å². The number of hydrogen-bond donors (Lipinski definition) is 3. The molecule has 2 atom stereocenters. The minimum Gasteiger partial charge on any atom is -0.343 e. The van der Waals surface area contributed by atoms with E-state index in [0.29, 0.717) is 19.4 Å². The maximum Gasteiger partial charge on any atom is 0.246 e. The Kier molecular flexibility index (Phi) is 6.70. The summed E-state index contributed by atoms with van der Waals surface area (Å²) in [6.07, 6.45) is 1.22. The Morgan fingerprint density at radius 2 is 1.83 bits per heavy atom. The molecule has 0 unspecified atom stereocenters. The normalized spacial score (nSPS) is 16.8. The molecule has 3 N–H and O–H groups in total. The van der Waals surface area contributed by atoms with Gasteiger partial charge in [-0.2, -0.15) is 0 Å². The highest BCUT2D eigenvalue weighted by molar-refractivity contribution is 5.98. The van der Waals surface area contributed by atoms with Gasteiger partial charge in [-0.3, -0.25) is 9.59 Å². The summed E-state index contributed by atoms with van der Waals surface area (Å²) in [6.45, 7) is 8.77. The Balaban J connectivity index is 1.68. The van der Waals surface area contributed by atoms with E-state index in [1.54, 1.807) is 0 Å². The van der Waals surface area contributed by atoms with Crippen LogP contribution in [0.5, 0.6) is 0 Å². The van der Waals surface area contributed by atoms with Crippen molar-refractivity contribution in [3.63, 3.8) is 0 Å². The van der Waals surface area contributed by atoms with E-state index in [1.165, 1.54) is 11.1 Å². The van der Waals surface area contributed by atoms with Gasteiger partial charge in [-0.25, -0.2) is 0 Å². The fourth-order valence-electron chi connectivity index (χ4n) is 3.79. The minimum atomic E-state index is -0.567. The lowest BCUT2D eigenvalue weighted by Crippen LogP contribution is -2.53. The van der Waals surface area contributed by atoms with Crippen LogP contribution in [-0.2, 0) is 22.6 Å². The van der Waals surface area contributed by atoms with E-state index in [4.69, 9.17) is 0 Å². The average molecular weight is 394 g/mol. The Bertz CT molecular complexity index is 891. The third-order valence-corrected chi connectivity index (χ3v) is 5.38. The molecule has 1 heterocycles. The fraction of sp³-hybridized carbons (Fsp3) is 0.417. The number of carbonyl (C=O) groups excluding carboxylic acids is 2. The summed E-state index contributed by atoms with van der Waals surface area (Å²) in [5, 5.41) is 9.27. The second-order valence-electron chi connectivity index (χ2n) is 8.40. The molecule has 0 bridgehead atoms. The molecule has 0 saturated carbocycles. The van der Waals surface area contributed by atoms with Gasteiger partial charge < -0.3 is 16.0 Å². The molecule has 5 nitrogen and oxygen atoms in total. The minimum absolute atomic E-state index is 0.124. The van der Waals surface area contributed by atoms with Gasteiger partial charge in [0.15, 0.2) is 0 Å². The number of benzene rings is 2. The van der Waals surface area contributed by atoms with Gasteiger partial charge in [0.1, 0.15) is 6.04 Å². The topological polar surface area (TPSA) is 70.2 Å². The molecule has 2 amide bonds. The summed E-state index contributed by atoms with van der Waals surface area (Å²) in [6, 6.07) is 13.2. The lowest BCUT2D eigenvalue weighted by atomic mass is 9.95. The molecule has 0 aliphatic carbocycles. The monoisotopic (exact) mass is 393 g/mol. The highest BCUT2D eigenvalue weighted by atomic mass is 16.2.